The van der Waals surface area contributed by atoms with Crippen LogP contribution in [0.15, 0.2) is 42.5 Å². The molecule has 4 rings (SSSR count). The Labute approximate surface area is 182 Å². The van der Waals surface area contributed by atoms with Crippen molar-refractivity contribution in [2.24, 2.45) is 5.41 Å². The molecule has 1 aliphatic carbocycles. The quantitative estimate of drug-likeness (QED) is 0.647. The van der Waals surface area contributed by atoms with Crippen LogP contribution in [-0.4, -0.2) is 22.7 Å². The third-order valence-corrected chi connectivity index (χ3v) is 5.73. The number of rotatable bonds is 5. The number of aromatic nitrogens is 2. The van der Waals surface area contributed by atoms with Crippen LogP contribution < -0.4 is 10.1 Å². The molecule has 0 spiro atoms. The molecule has 0 atom stereocenters. The Hall–Kier alpha value is -3.59. The van der Waals surface area contributed by atoms with E-state index < -0.39 is 0 Å². The number of nitriles is 1. The summed E-state index contributed by atoms with van der Waals surface area (Å²) in [5.41, 5.74) is 5.57. The number of fused-ring (bicyclic) bond motifs is 1. The van der Waals surface area contributed by atoms with Crippen molar-refractivity contribution in [2.75, 3.05) is 12.4 Å². The van der Waals surface area contributed by atoms with Crippen LogP contribution in [-0.2, 0) is 13.0 Å². The molecule has 1 aliphatic rings. The molecule has 1 N–H and O–H groups in total. The van der Waals surface area contributed by atoms with Crippen molar-refractivity contribution in [2.45, 2.75) is 40.2 Å². The molecule has 0 bridgehead atoms. The fourth-order valence-electron chi connectivity index (χ4n) is 4.20. The summed E-state index contributed by atoms with van der Waals surface area (Å²) in [6.45, 7) is 6.68. The molecule has 0 radical (unpaired) electrons. The van der Waals surface area contributed by atoms with E-state index in [9.17, 15) is 10.1 Å². The van der Waals surface area contributed by atoms with Gasteiger partial charge in [-0.1, -0.05) is 26.0 Å². The first-order valence-electron chi connectivity index (χ1n) is 10.3. The van der Waals surface area contributed by atoms with E-state index in [-0.39, 0.29) is 11.2 Å². The number of ether oxygens (including phenoxy) is 1. The third-order valence-electron chi connectivity index (χ3n) is 5.73. The Bertz CT molecular complexity index is 1180. The summed E-state index contributed by atoms with van der Waals surface area (Å²) in [7, 11) is 1.64. The first kappa shape index (κ1) is 20.7. The van der Waals surface area contributed by atoms with Crippen molar-refractivity contribution < 1.29 is 9.53 Å². The average Bonchev–Trinajstić information content (AvgIpc) is 3.07. The summed E-state index contributed by atoms with van der Waals surface area (Å²) in [6, 6.07) is 15.7. The van der Waals surface area contributed by atoms with Crippen molar-refractivity contribution >= 4 is 11.5 Å². The van der Waals surface area contributed by atoms with Gasteiger partial charge in [0, 0.05) is 13.0 Å². The van der Waals surface area contributed by atoms with Gasteiger partial charge >= 0.3 is 0 Å². The van der Waals surface area contributed by atoms with Crippen LogP contribution in [0.4, 0.5) is 5.69 Å². The Morgan fingerprint density at radius 2 is 1.94 bits per heavy atom. The second-order valence-electron chi connectivity index (χ2n) is 8.80. The van der Waals surface area contributed by atoms with E-state index in [1.54, 1.807) is 13.2 Å². The van der Waals surface area contributed by atoms with E-state index in [4.69, 9.17) is 4.74 Å². The van der Waals surface area contributed by atoms with Gasteiger partial charge in [0.05, 0.1) is 41.0 Å². The first-order chi connectivity index (χ1) is 14.8. The number of carbonyl (C=O) groups excluding carboxylic acids is 1. The Balaban J connectivity index is 1.67. The van der Waals surface area contributed by atoms with Crippen LogP contribution in [0, 0.1) is 23.7 Å². The zero-order valence-corrected chi connectivity index (χ0v) is 18.3. The lowest BCUT2D eigenvalue weighted by molar-refractivity contribution is 0.0910. The maximum Gasteiger partial charge on any atom is 0.167 e. The van der Waals surface area contributed by atoms with Crippen LogP contribution in [0.3, 0.4) is 0 Å². The van der Waals surface area contributed by atoms with E-state index in [0.717, 1.165) is 46.1 Å². The molecule has 0 unspecified atom stereocenters. The van der Waals surface area contributed by atoms with Crippen LogP contribution in [0.5, 0.6) is 5.75 Å². The number of aryl methyl sites for hydroxylation is 1. The maximum absolute atomic E-state index is 12.7. The Morgan fingerprint density at radius 1 is 1.19 bits per heavy atom. The Kier molecular flexibility index (Phi) is 5.28. The molecular weight excluding hydrogens is 388 g/mol. The highest BCUT2D eigenvalue weighted by Crippen LogP contribution is 2.37. The summed E-state index contributed by atoms with van der Waals surface area (Å²) in [5.74, 6) is 0.959. The number of nitrogens with one attached hydrogen (secondary N) is 1. The molecule has 31 heavy (non-hydrogen) atoms. The number of hydrogen-bond acceptors (Lipinski definition) is 5. The molecule has 0 fully saturated rings. The number of methoxy groups -OCH3 is 1. The van der Waals surface area contributed by atoms with Gasteiger partial charge in [-0.2, -0.15) is 10.4 Å². The fourth-order valence-corrected chi connectivity index (χ4v) is 4.20. The zero-order chi connectivity index (χ0) is 22.2. The molecule has 6 nitrogen and oxygen atoms in total. The normalized spacial score (nSPS) is 14.6. The van der Waals surface area contributed by atoms with Crippen LogP contribution in [0.1, 0.15) is 53.1 Å². The summed E-state index contributed by atoms with van der Waals surface area (Å²) in [6.07, 6.45) is 1.32. The van der Waals surface area contributed by atoms with Gasteiger partial charge in [0.2, 0.25) is 0 Å². The number of benzene rings is 2. The number of nitrogens with zero attached hydrogens (tertiary/aromatic N) is 3. The molecule has 0 aliphatic heterocycles. The van der Waals surface area contributed by atoms with Gasteiger partial charge in [0.1, 0.15) is 11.8 Å². The largest absolute Gasteiger partial charge is 0.497 e. The average molecular weight is 415 g/mol. The minimum atomic E-state index is -0.101. The highest BCUT2D eigenvalue weighted by molar-refractivity contribution is 5.99. The van der Waals surface area contributed by atoms with E-state index in [0.29, 0.717) is 18.5 Å². The predicted molar refractivity (Wildman–Crippen MR) is 120 cm³/mol. The number of carbonyl (C=O) groups is 1. The van der Waals surface area contributed by atoms with Crippen LogP contribution >= 0.6 is 0 Å². The summed E-state index contributed by atoms with van der Waals surface area (Å²) in [4.78, 5) is 12.7. The maximum atomic E-state index is 12.7. The Morgan fingerprint density at radius 3 is 2.61 bits per heavy atom. The van der Waals surface area contributed by atoms with Crippen molar-refractivity contribution in [1.82, 2.24) is 9.78 Å². The highest BCUT2D eigenvalue weighted by Gasteiger charge is 2.35. The predicted octanol–water partition coefficient (Wildman–Crippen LogP) is 4.83. The van der Waals surface area contributed by atoms with E-state index in [1.807, 2.05) is 48.0 Å². The second-order valence-corrected chi connectivity index (χ2v) is 8.80. The summed E-state index contributed by atoms with van der Waals surface area (Å²) < 4.78 is 7.07. The molecule has 1 aromatic heterocycles. The van der Waals surface area contributed by atoms with Gasteiger partial charge in [-0.3, -0.25) is 4.79 Å². The molecule has 0 saturated carbocycles. The topological polar surface area (TPSA) is 79.9 Å². The van der Waals surface area contributed by atoms with Crippen LogP contribution in [0.25, 0.3) is 5.69 Å². The SMILES string of the molecule is COc1ccc(CNc2cc(-n3nc(C)c4c3CC(C)(C)CC4=O)ccc2C#N)cc1. The second kappa shape index (κ2) is 7.92. The minimum absolute atomic E-state index is 0.101. The van der Waals surface area contributed by atoms with Crippen molar-refractivity contribution in [3.8, 4) is 17.5 Å². The van der Waals surface area contributed by atoms with E-state index >= 15 is 0 Å². The van der Waals surface area contributed by atoms with Gasteiger partial charge in [0.25, 0.3) is 0 Å². The summed E-state index contributed by atoms with van der Waals surface area (Å²) in [5, 5.41) is 17.6. The molecule has 2 aromatic carbocycles. The van der Waals surface area contributed by atoms with E-state index in [2.05, 4.69) is 30.3 Å². The monoisotopic (exact) mass is 414 g/mol. The van der Waals surface area contributed by atoms with Crippen LogP contribution in [0.2, 0.25) is 0 Å². The van der Waals surface area contributed by atoms with Crippen molar-refractivity contribution in [3.05, 3.63) is 70.5 Å². The number of anilines is 1. The molecule has 0 amide bonds. The third kappa shape index (κ3) is 4.04. The minimum Gasteiger partial charge on any atom is -0.497 e. The van der Waals surface area contributed by atoms with Gasteiger partial charge in [0.15, 0.2) is 5.78 Å². The first-order valence-corrected chi connectivity index (χ1v) is 10.3. The molecule has 3 aromatic rings. The summed E-state index contributed by atoms with van der Waals surface area (Å²) >= 11 is 0. The van der Waals surface area contributed by atoms with Gasteiger partial charge in [-0.15, -0.1) is 0 Å². The lowest BCUT2D eigenvalue weighted by atomic mass is 9.75. The molecule has 0 saturated heterocycles. The number of Topliss-reactive ketones (excluding diaryl/α,β-unsaturated/α-hetero) is 1. The zero-order valence-electron chi connectivity index (χ0n) is 18.3. The van der Waals surface area contributed by atoms with Gasteiger partial charge in [-0.25, -0.2) is 4.68 Å². The molecule has 158 valence electrons. The van der Waals surface area contributed by atoms with E-state index in [1.165, 1.54) is 0 Å². The molecule has 6 heteroatoms. The lowest BCUT2D eigenvalue weighted by Crippen LogP contribution is -2.28. The number of ketones is 1. The smallest absolute Gasteiger partial charge is 0.167 e. The van der Waals surface area contributed by atoms with Gasteiger partial charge < -0.3 is 10.1 Å². The highest BCUT2D eigenvalue weighted by atomic mass is 16.5. The molecular formula is C25H26N4O2. The number of hydrogen-bond donors (Lipinski definition) is 1. The van der Waals surface area contributed by atoms with Crippen molar-refractivity contribution in [3.63, 3.8) is 0 Å². The van der Waals surface area contributed by atoms with Crippen molar-refractivity contribution in [1.29, 1.82) is 5.26 Å². The lowest BCUT2D eigenvalue weighted by Gasteiger charge is -2.29. The standard InChI is InChI=1S/C25H26N4O2/c1-16-24-22(12-25(2,3)13-23(24)30)29(28-16)19-8-7-18(14-26)21(11-19)27-15-17-5-9-20(31-4)10-6-17/h5-11,27H,12-13,15H2,1-4H3. The fraction of sp³-hybridized carbons (Fsp3) is 0.320. The molecule has 1 heterocycles. The van der Waals surface area contributed by atoms with Gasteiger partial charge in [-0.05, 0) is 54.7 Å².